The van der Waals surface area contributed by atoms with Crippen molar-refractivity contribution in [3.63, 3.8) is 0 Å². The van der Waals surface area contributed by atoms with E-state index >= 15 is 0 Å². The highest BCUT2D eigenvalue weighted by atomic mass is 35.5. The zero-order chi connectivity index (χ0) is 11.7. The molecule has 1 aliphatic heterocycles. The van der Waals surface area contributed by atoms with Crippen LogP contribution >= 0.6 is 11.6 Å². The zero-order valence-electron chi connectivity index (χ0n) is 10.2. The molecule has 0 N–H and O–H groups in total. The van der Waals surface area contributed by atoms with Crippen molar-refractivity contribution >= 4 is 11.6 Å². The Kier molecular flexibility index (Phi) is 3.56. The summed E-state index contributed by atoms with van der Waals surface area (Å²) in [4.78, 5) is 0. The monoisotopic (exact) mass is 238 g/mol. The van der Waals surface area contributed by atoms with E-state index in [2.05, 4.69) is 32.9 Å². The quantitative estimate of drug-likeness (QED) is 0.723. The molecule has 0 aliphatic carbocycles. The van der Waals surface area contributed by atoms with Crippen LogP contribution in [-0.4, -0.2) is 12.2 Å². The third-order valence-corrected chi connectivity index (χ3v) is 3.79. The molecule has 2 heteroatoms. The molecule has 3 atom stereocenters. The van der Waals surface area contributed by atoms with Crippen LogP contribution in [0.25, 0.3) is 0 Å². The molecule has 3 unspecified atom stereocenters. The van der Waals surface area contributed by atoms with E-state index in [1.165, 1.54) is 5.56 Å². The molecule has 88 valence electrons. The number of benzene rings is 1. The third kappa shape index (κ3) is 2.58. The standard InChI is InChI=1S/C14H19ClO/c1-4-13-14(16-13)10(3)8-11-5-6-12(15)9(2)7-11/h5-7,10,13-14H,4,8H2,1-3H3. The third-order valence-electron chi connectivity index (χ3n) is 3.36. The molecule has 0 saturated carbocycles. The second-order valence-electron chi connectivity index (χ2n) is 4.81. The van der Waals surface area contributed by atoms with Crippen LogP contribution in [0.1, 0.15) is 31.4 Å². The Morgan fingerprint density at radius 2 is 2.19 bits per heavy atom. The second kappa shape index (κ2) is 4.77. The summed E-state index contributed by atoms with van der Waals surface area (Å²) in [6.07, 6.45) is 3.19. The van der Waals surface area contributed by atoms with Crippen LogP contribution < -0.4 is 0 Å². The molecule has 0 amide bonds. The minimum absolute atomic E-state index is 0.473. The predicted octanol–water partition coefficient (Wildman–Crippen LogP) is 4.00. The van der Waals surface area contributed by atoms with E-state index in [9.17, 15) is 0 Å². The van der Waals surface area contributed by atoms with Crippen molar-refractivity contribution in [2.24, 2.45) is 5.92 Å². The van der Waals surface area contributed by atoms with Crippen LogP contribution in [0.4, 0.5) is 0 Å². The lowest BCUT2D eigenvalue weighted by Gasteiger charge is -2.09. The van der Waals surface area contributed by atoms with Gasteiger partial charge in [0.05, 0.1) is 12.2 Å². The van der Waals surface area contributed by atoms with Gasteiger partial charge in [0.15, 0.2) is 0 Å². The summed E-state index contributed by atoms with van der Waals surface area (Å²) in [5.41, 5.74) is 2.52. The maximum atomic E-state index is 6.01. The van der Waals surface area contributed by atoms with Crippen LogP contribution in [0.5, 0.6) is 0 Å². The first-order chi connectivity index (χ1) is 7.61. The fraction of sp³-hybridized carbons (Fsp3) is 0.571. The molecule has 0 aromatic heterocycles. The lowest BCUT2D eigenvalue weighted by molar-refractivity contribution is 0.322. The van der Waals surface area contributed by atoms with Crippen LogP contribution in [0.15, 0.2) is 18.2 Å². The van der Waals surface area contributed by atoms with Gasteiger partial charge in [-0.15, -0.1) is 0 Å². The van der Waals surface area contributed by atoms with Gasteiger partial charge in [-0.2, -0.15) is 0 Å². The van der Waals surface area contributed by atoms with Crippen molar-refractivity contribution in [3.8, 4) is 0 Å². The van der Waals surface area contributed by atoms with Crippen molar-refractivity contribution in [3.05, 3.63) is 34.3 Å². The Hall–Kier alpha value is -0.530. The van der Waals surface area contributed by atoms with Crippen LogP contribution in [0.2, 0.25) is 5.02 Å². The maximum Gasteiger partial charge on any atom is 0.0870 e. The van der Waals surface area contributed by atoms with Gasteiger partial charge in [-0.3, -0.25) is 0 Å². The smallest absolute Gasteiger partial charge is 0.0870 e. The predicted molar refractivity (Wildman–Crippen MR) is 68.0 cm³/mol. The van der Waals surface area contributed by atoms with Gasteiger partial charge >= 0.3 is 0 Å². The van der Waals surface area contributed by atoms with Crippen LogP contribution in [0.3, 0.4) is 0 Å². The largest absolute Gasteiger partial charge is 0.369 e. The number of rotatable bonds is 4. The molecule has 1 aromatic carbocycles. The first-order valence-corrected chi connectivity index (χ1v) is 6.40. The molecular weight excluding hydrogens is 220 g/mol. The van der Waals surface area contributed by atoms with Gasteiger partial charge in [-0.25, -0.2) is 0 Å². The fourth-order valence-corrected chi connectivity index (χ4v) is 2.42. The fourth-order valence-electron chi connectivity index (χ4n) is 2.31. The van der Waals surface area contributed by atoms with Crippen molar-refractivity contribution in [2.75, 3.05) is 0 Å². The molecule has 1 aliphatic rings. The molecule has 1 heterocycles. The summed E-state index contributed by atoms with van der Waals surface area (Å²) in [5, 5.41) is 0.852. The van der Waals surface area contributed by atoms with Gasteiger partial charge in [-0.1, -0.05) is 37.6 Å². The van der Waals surface area contributed by atoms with E-state index < -0.39 is 0 Å². The summed E-state index contributed by atoms with van der Waals surface area (Å²) in [5.74, 6) is 0.602. The van der Waals surface area contributed by atoms with Gasteiger partial charge in [0.25, 0.3) is 0 Å². The van der Waals surface area contributed by atoms with Crippen molar-refractivity contribution in [1.82, 2.24) is 0 Å². The van der Waals surface area contributed by atoms with Crippen LogP contribution in [0, 0.1) is 12.8 Å². The highest BCUT2D eigenvalue weighted by Gasteiger charge is 2.40. The highest BCUT2D eigenvalue weighted by Crippen LogP contribution is 2.33. The van der Waals surface area contributed by atoms with E-state index in [0.29, 0.717) is 18.1 Å². The van der Waals surface area contributed by atoms with E-state index in [0.717, 1.165) is 23.4 Å². The van der Waals surface area contributed by atoms with Gasteiger partial charge < -0.3 is 4.74 Å². The minimum atomic E-state index is 0.473. The number of halogens is 1. The first-order valence-electron chi connectivity index (χ1n) is 6.02. The van der Waals surface area contributed by atoms with E-state index in [1.54, 1.807) is 0 Å². The molecule has 1 nitrogen and oxygen atoms in total. The van der Waals surface area contributed by atoms with E-state index in [1.807, 2.05) is 6.07 Å². The lowest BCUT2D eigenvalue weighted by Crippen LogP contribution is -2.09. The van der Waals surface area contributed by atoms with Gasteiger partial charge in [0.1, 0.15) is 0 Å². The van der Waals surface area contributed by atoms with Crippen molar-refractivity contribution < 1.29 is 4.74 Å². The topological polar surface area (TPSA) is 12.5 Å². The normalized spacial score (nSPS) is 25.5. The lowest BCUT2D eigenvalue weighted by atomic mass is 9.95. The maximum absolute atomic E-state index is 6.01. The number of hydrogen-bond acceptors (Lipinski definition) is 1. The van der Waals surface area contributed by atoms with Gasteiger partial charge in [0.2, 0.25) is 0 Å². The van der Waals surface area contributed by atoms with Gasteiger partial charge in [0, 0.05) is 5.02 Å². The SMILES string of the molecule is CCC1OC1C(C)Cc1ccc(Cl)c(C)c1. The van der Waals surface area contributed by atoms with Crippen molar-refractivity contribution in [1.29, 1.82) is 0 Å². The molecule has 1 aromatic rings. The highest BCUT2D eigenvalue weighted by molar-refractivity contribution is 6.31. The molecule has 1 saturated heterocycles. The van der Waals surface area contributed by atoms with Crippen LogP contribution in [-0.2, 0) is 11.2 Å². The first kappa shape index (κ1) is 11.9. The molecule has 0 spiro atoms. The molecule has 2 rings (SSSR count). The minimum Gasteiger partial charge on any atom is -0.369 e. The Labute approximate surface area is 103 Å². The Bertz CT molecular complexity index is 375. The molecule has 16 heavy (non-hydrogen) atoms. The summed E-state index contributed by atoms with van der Waals surface area (Å²) in [6.45, 7) is 6.51. The summed E-state index contributed by atoms with van der Waals surface area (Å²) in [6, 6.07) is 6.29. The summed E-state index contributed by atoms with van der Waals surface area (Å²) < 4.78 is 5.63. The summed E-state index contributed by atoms with van der Waals surface area (Å²) >= 11 is 6.01. The second-order valence-corrected chi connectivity index (χ2v) is 5.22. The average Bonchev–Trinajstić information content (AvgIpc) is 3.02. The van der Waals surface area contributed by atoms with E-state index in [4.69, 9.17) is 16.3 Å². The summed E-state index contributed by atoms with van der Waals surface area (Å²) in [7, 11) is 0. The zero-order valence-corrected chi connectivity index (χ0v) is 10.9. The Morgan fingerprint density at radius 1 is 1.44 bits per heavy atom. The van der Waals surface area contributed by atoms with Crippen molar-refractivity contribution in [2.45, 2.75) is 45.8 Å². The number of aryl methyl sites for hydroxylation is 1. The molecule has 0 bridgehead atoms. The molecular formula is C14H19ClO. The Balaban J connectivity index is 1.96. The average molecular weight is 239 g/mol. The number of ether oxygens (including phenoxy) is 1. The Morgan fingerprint density at radius 3 is 2.75 bits per heavy atom. The van der Waals surface area contributed by atoms with Gasteiger partial charge in [-0.05, 0) is 42.9 Å². The number of hydrogen-bond donors (Lipinski definition) is 0. The molecule has 1 fully saturated rings. The number of epoxide rings is 1. The molecule has 0 radical (unpaired) electrons. The van der Waals surface area contributed by atoms with E-state index in [-0.39, 0.29) is 0 Å².